The number of carbonyl (C=O) groups is 3. The highest BCUT2D eigenvalue weighted by atomic mass is 16.2. The predicted octanol–water partition coefficient (Wildman–Crippen LogP) is 2.37. The number of rotatable bonds is 7. The standard InChI is InChI=1S/C22H24N4O3/c27-20(24-15-16-9-10-19(23-14-16)25-11-3-4-12-25)8-5-13-26-21(28)17-6-1-2-7-18(17)22(26)29/h1-2,6-7,9-10,14H,3-5,8,11-13,15H2,(H,24,27). The Hall–Kier alpha value is -3.22. The van der Waals surface area contributed by atoms with Crippen molar-refractivity contribution >= 4 is 23.5 Å². The molecule has 0 aliphatic carbocycles. The molecule has 150 valence electrons. The molecule has 0 spiro atoms. The number of pyridine rings is 1. The van der Waals surface area contributed by atoms with Crippen molar-refractivity contribution < 1.29 is 14.4 Å². The number of fused-ring (bicyclic) bond motifs is 1. The molecule has 1 fully saturated rings. The van der Waals surface area contributed by atoms with E-state index in [4.69, 9.17) is 0 Å². The highest BCUT2D eigenvalue weighted by Crippen LogP contribution is 2.22. The van der Waals surface area contributed by atoms with Crippen molar-refractivity contribution in [3.8, 4) is 0 Å². The second-order valence-electron chi connectivity index (χ2n) is 7.41. The van der Waals surface area contributed by atoms with Crippen LogP contribution >= 0.6 is 0 Å². The van der Waals surface area contributed by atoms with Gasteiger partial charge in [0, 0.05) is 38.8 Å². The van der Waals surface area contributed by atoms with Crippen LogP contribution in [-0.4, -0.2) is 47.2 Å². The maximum absolute atomic E-state index is 12.3. The van der Waals surface area contributed by atoms with Crippen LogP contribution in [-0.2, 0) is 11.3 Å². The van der Waals surface area contributed by atoms with Crippen molar-refractivity contribution in [2.45, 2.75) is 32.2 Å². The minimum absolute atomic E-state index is 0.106. The average molecular weight is 392 g/mol. The number of nitrogens with one attached hydrogen (secondary N) is 1. The molecular formula is C22H24N4O3. The topological polar surface area (TPSA) is 82.6 Å². The quantitative estimate of drug-likeness (QED) is 0.732. The first kappa shape index (κ1) is 19.1. The molecule has 0 unspecified atom stereocenters. The van der Waals surface area contributed by atoms with Crippen molar-refractivity contribution in [1.29, 1.82) is 0 Å². The zero-order valence-electron chi connectivity index (χ0n) is 16.3. The number of hydrogen-bond donors (Lipinski definition) is 1. The SMILES string of the molecule is O=C(CCCN1C(=O)c2ccccc2C1=O)NCc1ccc(N2CCCC2)nc1. The van der Waals surface area contributed by atoms with Gasteiger partial charge in [0.15, 0.2) is 0 Å². The van der Waals surface area contributed by atoms with Crippen LogP contribution in [0, 0.1) is 0 Å². The zero-order chi connectivity index (χ0) is 20.2. The Bertz CT molecular complexity index is 885. The number of imide groups is 1. The largest absolute Gasteiger partial charge is 0.357 e. The summed E-state index contributed by atoms with van der Waals surface area (Å²) in [6.07, 6.45) is 4.91. The molecule has 2 aromatic rings. The van der Waals surface area contributed by atoms with Gasteiger partial charge in [0.1, 0.15) is 5.82 Å². The lowest BCUT2D eigenvalue weighted by atomic mass is 10.1. The van der Waals surface area contributed by atoms with Gasteiger partial charge in [-0.3, -0.25) is 19.3 Å². The Kier molecular flexibility index (Phi) is 5.55. The number of amides is 3. The fourth-order valence-electron chi connectivity index (χ4n) is 3.78. The molecule has 0 radical (unpaired) electrons. The highest BCUT2D eigenvalue weighted by molar-refractivity contribution is 6.21. The summed E-state index contributed by atoms with van der Waals surface area (Å²) in [5.74, 6) is 0.314. The van der Waals surface area contributed by atoms with Crippen LogP contribution in [0.3, 0.4) is 0 Å². The lowest BCUT2D eigenvalue weighted by Crippen LogP contribution is -2.32. The van der Waals surface area contributed by atoms with E-state index in [-0.39, 0.29) is 30.7 Å². The molecule has 0 bridgehead atoms. The maximum Gasteiger partial charge on any atom is 0.261 e. The third-order valence-electron chi connectivity index (χ3n) is 5.39. The summed E-state index contributed by atoms with van der Waals surface area (Å²) in [5, 5.41) is 2.87. The van der Waals surface area contributed by atoms with Gasteiger partial charge < -0.3 is 10.2 Å². The van der Waals surface area contributed by atoms with Gasteiger partial charge in [0.2, 0.25) is 5.91 Å². The van der Waals surface area contributed by atoms with Gasteiger partial charge in [-0.15, -0.1) is 0 Å². The minimum atomic E-state index is -0.282. The van der Waals surface area contributed by atoms with Crippen LogP contribution in [0.25, 0.3) is 0 Å². The molecular weight excluding hydrogens is 368 g/mol. The summed E-state index contributed by atoms with van der Waals surface area (Å²) in [6.45, 7) is 2.76. The van der Waals surface area contributed by atoms with Crippen molar-refractivity contribution in [2.75, 3.05) is 24.5 Å². The van der Waals surface area contributed by atoms with Gasteiger partial charge in [-0.1, -0.05) is 18.2 Å². The highest BCUT2D eigenvalue weighted by Gasteiger charge is 2.34. The molecule has 7 heteroatoms. The van der Waals surface area contributed by atoms with Gasteiger partial charge in [-0.2, -0.15) is 0 Å². The van der Waals surface area contributed by atoms with Crippen LogP contribution in [0.4, 0.5) is 5.82 Å². The lowest BCUT2D eigenvalue weighted by molar-refractivity contribution is -0.121. The van der Waals surface area contributed by atoms with E-state index in [1.807, 2.05) is 12.1 Å². The molecule has 2 aliphatic rings. The van der Waals surface area contributed by atoms with Gasteiger partial charge in [0.25, 0.3) is 11.8 Å². The molecule has 1 aromatic heterocycles. The molecule has 2 aliphatic heterocycles. The third-order valence-corrected chi connectivity index (χ3v) is 5.39. The molecule has 1 N–H and O–H groups in total. The summed E-state index contributed by atoms with van der Waals surface area (Å²) in [4.78, 5) is 44.7. The van der Waals surface area contributed by atoms with Crippen molar-refractivity contribution in [3.05, 3.63) is 59.3 Å². The molecule has 1 saturated heterocycles. The average Bonchev–Trinajstić information content (AvgIpc) is 3.36. The number of benzene rings is 1. The first-order chi connectivity index (χ1) is 14.1. The summed E-state index contributed by atoms with van der Waals surface area (Å²) in [6, 6.07) is 10.8. The molecule has 0 atom stereocenters. The molecule has 7 nitrogen and oxygen atoms in total. The van der Waals surface area contributed by atoms with E-state index in [0.717, 1.165) is 24.5 Å². The second kappa shape index (κ2) is 8.43. The van der Waals surface area contributed by atoms with Gasteiger partial charge in [-0.25, -0.2) is 4.98 Å². The minimum Gasteiger partial charge on any atom is -0.357 e. The van der Waals surface area contributed by atoms with E-state index >= 15 is 0 Å². The van der Waals surface area contributed by atoms with Crippen molar-refractivity contribution in [1.82, 2.24) is 15.2 Å². The van der Waals surface area contributed by atoms with E-state index in [9.17, 15) is 14.4 Å². The smallest absolute Gasteiger partial charge is 0.261 e. The lowest BCUT2D eigenvalue weighted by Gasteiger charge is -2.16. The number of carbonyl (C=O) groups excluding carboxylic acids is 3. The second-order valence-corrected chi connectivity index (χ2v) is 7.41. The zero-order valence-corrected chi connectivity index (χ0v) is 16.3. The maximum atomic E-state index is 12.3. The fourth-order valence-corrected chi connectivity index (χ4v) is 3.78. The van der Waals surface area contributed by atoms with Gasteiger partial charge in [-0.05, 0) is 43.0 Å². The summed E-state index contributed by atoms with van der Waals surface area (Å²) < 4.78 is 0. The summed E-state index contributed by atoms with van der Waals surface area (Å²) >= 11 is 0. The van der Waals surface area contributed by atoms with Gasteiger partial charge in [0.05, 0.1) is 11.1 Å². The first-order valence-electron chi connectivity index (χ1n) is 10.1. The van der Waals surface area contributed by atoms with Gasteiger partial charge >= 0.3 is 0 Å². The van der Waals surface area contributed by atoms with Crippen molar-refractivity contribution in [3.63, 3.8) is 0 Å². The van der Waals surface area contributed by atoms with Crippen LogP contribution in [0.1, 0.15) is 52.0 Å². The van der Waals surface area contributed by atoms with E-state index < -0.39 is 0 Å². The summed E-state index contributed by atoms with van der Waals surface area (Å²) in [5.41, 5.74) is 1.82. The molecule has 3 amide bonds. The normalized spacial score (nSPS) is 15.7. The van der Waals surface area contributed by atoms with Crippen molar-refractivity contribution in [2.24, 2.45) is 0 Å². The number of hydrogen-bond acceptors (Lipinski definition) is 5. The van der Waals surface area contributed by atoms with E-state index in [2.05, 4.69) is 15.2 Å². The van der Waals surface area contributed by atoms with E-state index in [1.165, 1.54) is 17.7 Å². The first-order valence-corrected chi connectivity index (χ1v) is 10.1. The Morgan fingerprint density at radius 2 is 1.69 bits per heavy atom. The van der Waals surface area contributed by atoms with Crippen LogP contribution < -0.4 is 10.2 Å². The van der Waals surface area contributed by atoms with Crippen LogP contribution in [0.15, 0.2) is 42.6 Å². The Balaban J connectivity index is 1.21. The Morgan fingerprint density at radius 1 is 1.00 bits per heavy atom. The van der Waals surface area contributed by atoms with E-state index in [1.54, 1.807) is 30.5 Å². The molecule has 3 heterocycles. The number of anilines is 1. The molecule has 29 heavy (non-hydrogen) atoms. The molecule has 1 aromatic carbocycles. The Morgan fingerprint density at radius 3 is 2.31 bits per heavy atom. The van der Waals surface area contributed by atoms with Crippen LogP contribution in [0.2, 0.25) is 0 Å². The van der Waals surface area contributed by atoms with E-state index in [0.29, 0.717) is 24.1 Å². The number of nitrogens with zero attached hydrogens (tertiary/aromatic N) is 3. The Labute approximate surface area is 169 Å². The molecule has 0 saturated carbocycles. The monoisotopic (exact) mass is 392 g/mol. The number of aromatic nitrogens is 1. The predicted molar refractivity (Wildman–Crippen MR) is 109 cm³/mol. The molecule has 4 rings (SSSR count). The third kappa shape index (κ3) is 4.13. The van der Waals surface area contributed by atoms with Crippen LogP contribution in [0.5, 0.6) is 0 Å². The summed E-state index contributed by atoms with van der Waals surface area (Å²) in [7, 11) is 0. The fraction of sp³-hybridized carbons (Fsp3) is 0.364.